The number of rotatable bonds is 0. The molecule has 0 atom stereocenters. The van der Waals surface area contributed by atoms with E-state index in [1.807, 2.05) is 27.7 Å². The summed E-state index contributed by atoms with van der Waals surface area (Å²) in [5.74, 6) is 4.86. The van der Waals surface area contributed by atoms with Crippen molar-refractivity contribution >= 4 is 47.4 Å². The minimum absolute atomic E-state index is 0.494. The summed E-state index contributed by atoms with van der Waals surface area (Å²) in [6.45, 7) is 7.98. The van der Waals surface area contributed by atoms with E-state index in [0.29, 0.717) is 35.0 Å². The molecule has 3 aliphatic rings. The van der Waals surface area contributed by atoms with Gasteiger partial charge in [-0.25, -0.2) is 39.9 Å². The molecule has 0 spiro atoms. The fourth-order valence-electron chi connectivity index (χ4n) is 3.11. The van der Waals surface area contributed by atoms with Crippen LogP contribution in [0.5, 0.6) is 0 Å². The van der Waals surface area contributed by atoms with Crippen molar-refractivity contribution in [2.24, 2.45) is 35.4 Å². The molecule has 0 saturated heterocycles. The van der Waals surface area contributed by atoms with Crippen molar-refractivity contribution in [3.05, 3.63) is 24.0 Å². The standard InChI is InChI=1S/C18H18N10/c1-17(2)13-19-5-9(25-13)23-11-7-21-15(27-11)18(3,4)16-22-8-12(28-16)24-10-6-20-14(17)26-10/h5-8H,1-4H3,(H,19,25)(H,20,26). The van der Waals surface area contributed by atoms with Crippen LogP contribution in [0.1, 0.15) is 39.3 Å². The SMILES string of the molecule is CC1(C)C2=NC(=Nc3cnc([nH]3)C(C)(C)c3ncc([nH]3)N=C3C=NC1=N3)C=N2. The van der Waals surface area contributed by atoms with E-state index in [1.165, 1.54) is 0 Å². The van der Waals surface area contributed by atoms with E-state index in [0.717, 1.165) is 11.6 Å². The second-order valence-corrected chi connectivity index (χ2v) is 7.81. The molecule has 8 bridgehead atoms. The quantitative estimate of drug-likeness (QED) is 0.733. The predicted octanol–water partition coefficient (Wildman–Crippen LogP) is 2.52. The normalized spacial score (nSPS) is 21.3. The highest BCUT2D eigenvalue weighted by molar-refractivity contribution is 6.42. The highest BCUT2D eigenvalue weighted by Crippen LogP contribution is 2.31. The second kappa shape index (κ2) is 5.47. The Hall–Kier alpha value is -3.56. The van der Waals surface area contributed by atoms with Crippen molar-refractivity contribution in [2.75, 3.05) is 0 Å². The van der Waals surface area contributed by atoms with Crippen LogP contribution in [-0.2, 0) is 5.41 Å². The van der Waals surface area contributed by atoms with E-state index in [9.17, 15) is 0 Å². The van der Waals surface area contributed by atoms with E-state index in [1.54, 1.807) is 24.8 Å². The number of nitrogens with one attached hydrogen (secondary N) is 2. The van der Waals surface area contributed by atoms with Crippen LogP contribution < -0.4 is 0 Å². The second-order valence-electron chi connectivity index (χ2n) is 7.81. The van der Waals surface area contributed by atoms with Crippen molar-refractivity contribution in [1.82, 2.24) is 19.9 Å². The molecule has 0 fully saturated rings. The molecular weight excluding hydrogens is 356 g/mol. The van der Waals surface area contributed by atoms with Crippen LogP contribution in [0.2, 0.25) is 0 Å². The number of aromatic amines is 2. The number of hydrogen-bond acceptors (Lipinski definition) is 8. The van der Waals surface area contributed by atoms with E-state index >= 15 is 0 Å². The van der Waals surface area contributed by atoms with E-state index in [-0.39, 0.29) is 0 Å². The Morgan fingerprint density at radius 1 is 0.643 bits per heavy atom. The highest BCUT2D eigenvalue weighted by Gasteiger charge is 2.36. The summed E-state index contributed by atoms with van der Waals surface area (Å²) in [5, 5.41) is 0. The Kier molecular flexibility index (Phi) is 3.25. The lowest BCUT2D eigenvalue weighted by Gasteiger charge is -2.20. The molecule has 5 heterocycles. The Balaban J connectivity index is 1.70. The minimum Gasteiger partial charge on any atom is -0.326 e. The van der Waals surface area contributed by atoms with Gasteiger partial charge in [0.1, 0.15) is 23.3 Å². The van der Waals surface area contributed by atoms with Crippen LogP contribution in [0.3, 0.4) is 0 Å². The summed E-state index contributed by atoms with van der Waals surface area (Å²) in [6.07, 6.45) is 6.62. The zero-order valence-electron chi connectivity index (χ0n) is 15.9. The molecule has 0 amide bonds. The summed E-state index contributed by atoms with van der Waals surface area (Å²) in [5.41, 5.74) is -1.08. The van der Waals surface area contributed by atoms with Crippen LogP contribution in [-0.4, -0.2) is 55.7 Å². The number of H-pyrrole nitrogens is 2. The van der Waals surface area contributed by atoms with Gasteiger partial charge in [0.25, 0.3) is 0 Å². The zero-order valence-corrected chi connectivity index (χ0v) is 15.9. The number of aromatic nitrogens is 4. The number of aliphatic imine (C=N–C) groups is 6. The van der Waals surface area contributed by atoms with Crippen molar-refractivity contribution in [2.45, 2.75) is 33.1 Å². The number of hydrogen-bond donors (Lipinski definition) is 2. The molecule has 2 N–H and O–H groups in total. The van der Waals surface area contributed by atoms with Crippen LogP contribution in [0.15, 0.2) is 42.3 Å². The van der Waals surface area contributed by atoms with Gasteiger partial charge in [-0.05, 0) is 27.7 Å². The summed E-state index contributed by atoms with van der Waals surface area (Å²) in [4.78, 5) is 42.5. The molecular formula is C18H18N10. The Morgan fingerprint density at radius 2 is 1.11 bits per heavy atom. The van der Waals surface area contributed by atoms with Gasteiger partial charge in [-0.2, -0.15) is 0 Å². The fourth-order valence-corrected chi connectivity index (χ4v) is 3.11. The number of amidine groups is 4. The molecule has 5 rings (SSSR count). The molecule has 0 unspecified atom stereocenters. The summed E-state index contributed by atoms with van der Waals surface area (Å²) in [6, 6.07) is 0. The maximum Gasteiger partial charge on any atom is 0.174 e. The molecule has 0 aliphatic carbocycles. The zero-order chi connectivity index (χ0) is 19.5. The summed E-state index contributed by atoms with van der Waals surface area (Å²) < 4.78 is 0. The van der Waals surface area contributed by atoms with Crippen LogP contribution in [0.4, 0.5) is 11.6 Å². The molecule has 2 aromatic rings. The Morgan fingerprint density at radius 3 is 1.57 bits per heavy atom. The molecule has 140 valence electrons. The lowest BCUT2D eigenvalue weighted by atomic mass is 9.90. The van der Waals surface area contributed by atoms with Gasteiger partial charge in [0, 0.05) is 0 Å². The third-order valence-corrected chi connectivity index (χ3v) is 4.94. The summed E-state index contributed by atoms with van der Waals surface area (Å²) >= 11 is 0. The molecule has 10 heteroatoms. The Labute approximate surface area is 160 Å². The van der Waals surface area contributed by atoms with Crippen LogP contribution in [0.25, 0.3) is 0 Å². The van der Waals surface area contributed by atoms with Gasteiger partial charge in [-0.1, -0.05) is 0 Å². The third kappa shape index (κ3) is 2.48. The number of imidazole rings is 2. The monoisotopic (exact) mass is 374 g/mol. The molecule has 10 nitrogen and oxygen atoms in total. The first-order valence-electron chi connectivity index (χ1n) is 8.87. The van der Waals surface area contributed by atoms with Gasteiger partial charge >= 0.3 is 0 Å². The lowest BCUT2D eigenvalue weighted by molar-refractivity contribution is 0.563. The largest absolute Gasteiger partial charge is 0.326 e. The smallest absolute Gasteiger partial charge is 0.174 e. The molecule has 0 saturated carbocycles. The van der Waals surface area contributed by atoms with Crippen molar-refractivity contribution < 1.29 is 0 Å². The van der Waals surface area contributed by atoms with Crippen molar-refractivity contribution in [3.8, 4) is 0 Å². The number of nitrogens with zero attached hydrogens (tertiary/aromatic N) is 8. The minimum atomic E-state index is -0.584. The van der Waals surface area contributed by atoms with Gasteiger partial charge in [0.2, 0.25) is 0 Å². The molecule has 0 radical (unpaired) electrons. The van der Waals surface area contributed by atoms with E-state index in [2.05, 4.69) is 49.9 Å². The van der Waals surface area contributed by atoms with E-state index < -0.39 is 10.8 Å². The average molecular weight is 374 g/mol. The maximum absolute atomic E-state index is 4.55. The first-order chi connectivity index (χ1) is 13.3. The predicted molar refractivity (Wildman–Crippen MR) is 109 cm³/mol. The molecule has 3 aliphatic heterocycles. The van der Waals surface area contributed by atoms with Crippen LogP contribution >= 0.6 is 0 Å². The molecule has 0 aromatic carbocycles. The first-order valence-corrected chi connectivity index (χ1v) is 8.87. The van der Waals surface area contributed by atoms with Gasteiger partial charge in [0.05, 0.1) is 35.7 Å². The number of fused-ring (bicyclic) bond motifs is 6. The van der Waals surface area contributed by atoms with Gasteiger partial charge < -0.3 is 9.97 Å². The van der Waals surface area contributed by atoms with Crippen LogP contribution in [0, 0.1) is 5.41 Å². The highest BCUT2D eigenvalue weighted by atomic mass is 15.2. The fraction of sp³-hybridized carbons (Fsp3) is 0.333. The lowest BCUT2D eigenvalue weighted by Crippen LogP contribution is -2.30. The third-order valence-electron chi connectivity index (χ3n) is 4.94. The molecule has 2 aromatic heterocycles. The Bertz CT molecular complexity index is 1070. The summed E-state index contributed by atoms with van der Waals surface area (Å²) in [7, 11) is 0. The topological polar surface area (TPSA) is 132 Å². The van der Waals surface area contributed by atoms with Gasteiger partial charge in [-0.3, -0.25) is 0 Å². The maximum atomic E-state index is 4.55. The van der Waals surface area contributed by atoms with Crippen molar-refractivity contribution in [3.63, 3.8) is 0 Å². The van der Waals surface area contributed by atoms with Gasteiger partial charge in [-0.15, -0.1) is 0 Å². The van der Waals surface area contributed by atoms with E-state index in [4.69, 9.17) is 0 Å². The molecule has 28 heavy (non-hydrogen) atoms. The first kappa shape index (κ1) is 16.6. The average Bonchev–Trinajstić information content (AvgIpc) is 3.42. The van der Waals surface area contributed by atoms with Crippen molar-refractivity contribution in [1.29, 1.82) is 0 Å². The van der Waals surface area contributed by atoms with Gasteiger partial charge in [0.15, 0.2) is 23.3 Å².